The van der Waals surface area contributed by atoms with Gasteiger partial charge in [-0.3, -0.25) is 0 Å². The fourth-order valence-corrected chi connectivity index (χ4v) is 4.75. The van der Waals surface area contributed by atoms with Crippen LogP contribution in [-0.4, -0.2) is 5.11 Å². The molecule has 0 aliphatic heterocycles. The molecule has 6 aromatic rings. The molecule has 0 aliphatic rings. The monoisotopic (exact) mass is 523 g/mol. The molecule has 0 bridgehead atoms. The van der Waals surface area contributed by atoms with Crippen molar-refractivity contribution in [2.75, 3.05) is 5.32 Å². The van der Waals surface area contributed by atoms with Crippen LogP contribution in [0.5, 0.6) is 5.75 Å². The Bertz CT molecular complexity index is 1580. The first-order valence-electron chi connectivity index (χ1n) is 12.9. The van der Waals surface area contributed by atoms with Crippen molar-refractivity contribution in [3.8, 4) is 39.1 Å². The number of hydrogen-bond acceptors (Lipinski definition) is 2. The van der Waals surface area contributed by atoms with E-state index in [1.165, 1.54) is 33.1 Å². The number of para-hydroxylation sites is 2. The minimum Gasteiger partial charge on any atom is -0.506 e. The van der Waals surface area contributed by atoms with E-state index in [-0.39, 0.29) is 5.75 Å². The molecule has 0 aromatic heterocycles. The molecule has 3 heteroatoms. The summed E-state index contributed by atoms with van der Waals surface area (Å²) in [6.07, 6.45) is 0. The second-order valence-electron chi connectivity index (χ2n) is 9.16. The lowest BCUT2D eigenvalue weighted by molar-refractivity contribution is 0.478. The Morgan fingerprint density at radius 3 is 1.41 bits per heavy atom. The van der Waals surface area contributed by atoms with Crippen molar-refractivity contribution in [3.63, 3.8) is 0 Å². The van der Waals surface area contributed by atoms with Gasteiger partial charge in [-0.15, -0.1) is 9.24 Å². The van der Waals surface area contributed by atoms with E-state index in [0.717, 1.165) is 11.3 Å². The van der Waals surface area contributed by atoms with Crippen LogP contribution < -0.4 is 10.6 Å². The van der Waals surface area contributed by atoms with Crippen molar-refractivity contribution in [1.82, 2.24) is 0 Å². The van der Waals surface area contributed by atoms with Crippen LogP contribution in [0.25, 0.3) is 33.4 Å². The summed E-state index contributed by atoms with van der Waals surface area (Å²) in [5, 5.41) is 14.2. The molecule has 2 nitrogen and oxygen atoms in total. The molecule has 0 heterocycles. The second kappa shape index (κ2) is 12.7. The average Bonchev–Trinajstić information content (AvgIpc) is 3.00. The third kappa shape index (κ3) is 7.02. The highest BCUT2D eigenvalue weighted by molar-refractivity contribution is 7.27. The second-order valence-corrected chi connectivity index (χ2v) is 9.83. The summed E-state index contributed by atoms with van der Waals surface area (Å²) in [5.74, 6) is 0.248. The van der Waals surface area contributed by atoms with Gasteiger partial charge < -0.3 is 10.4 Å². The van der Waals surface area contributed by atoms with Gasteiger partial charge in [0, 0.05) is 5.69 Å². The normalized spacial score (nSPS) is 10.3. The molecular weight excluding hydrogens is 493 g/mol. The van der Waals surface area contributed by atoms with Gasteiger partial charge in [0.15, 0.2) is 0 Å². The first kappa shape index (κ1) is 26.0. The third-order valence-corrected chi connectivity index (χ3v) is 6.66. The maximum Gasteiger partial charge on any atom is 0.139 e. The van der Waals surface area contributed by atoms with Crippen LogP contribution in [-0.2, 0) is 0 Å². The van der Waals surface area contributed by atoms with E-state index in [9.17, 15) is 5.11 Å². The Morgan fingerprint density at radius 2 is 0.872 bits per heavy atom. The van der Waals surface area contributed by atoms with Crippen LogP contribution in [0, 0.1) is 0 Å². The fraction of sp³-hybridized carbons (Fsp3) is 0. The SMILES string of the molecule is Oc1ccccc1Nc1cccc(-c2ccccc2)c1.Pc1cc(-c2ccccc2)cc(-c2ccccc2)c1. The molecule has 0 radical (unpaired) electrons. The molecule has 1 atom stereocenters. The van der Waals surface area contributed by atoms with Gasteiger partial charge in [-0.25, -0.2) is 0 Å². The number of nitrogens with one attached hydrogen (secondary N) is 1. The van der Waals surface area contributed by atoms with Gasteiger partial charge in [0.1, 0.15) is 5.75 Å². The molecule has 2 N–H and O–H groups in total. The Morgan fingerprint density at radius 1 is 0.410 bits per heavy atom. The standard InChI is InChI=1S/C18H15NO.C18H15P/c20-18-12-5-4-11-17(18)19-16-10-6-9-15(13-16)14-7-2-1-3-8-14;19-18-12-16(14-7-3-1-4-8-14)11-17(13-18)15-9-5-2-6-10-15/h1-13,19-20H;1-13H,19H2. The highest BCUT2D eigenvalue weighted by Crippen LogP contribution is 2.29. The van der Waals surface area contributed by atoms with Crippen LogP contribution >= 0.6 is 9.24 Å². The van der Waals surface area contributed by atoms with Crippen molar-refractivity contribution in [1.29, 1.82) is 0 Å². The van der Waals surface area contributed by atoms with Gasteiger partial charge in [0.05, 0.1) is 5.69 Å². The number of hydrogen-bond donors (Lipinski definition) is 2. The zero-order chi connectivity index (χ0) is 26.9. The largest absolute Gasteiger partial charge is 0.506 e. The van der Waals surface area contributed by atoms with Gasteiger partial charge >= 0.3 is 0 Å². The average molecular weight is 524 g/mol. The topological polar surface area (TPSA) is 32.3 Å². The predicted molar refractivity (Wildman–Crippen MR) is 170 cm³/mol. The maximum atomic E-state index is 9.80. The van der Waals surface area contributed by atoms with Gasteiger partial charge in [0.25, 0.3) is 0 Å². The number of aromatic hydroxyl groups is 1. The summed E-state index contributed by atoms with van der Waals surface area (Å²) in [7, 11) is 2.80. The molecule has 0 saturated heterocycles. The van der Waals surface area contributed by atoms with Gasteiger partial charge in [-0.05, 0) is 81.1 Å². The summed E-state index contributed by atoms with van der Waals surface area (Å²) in [4.78, 5) is 0. The molecular formula is C36H30NOP. The first-order valence-corrected chi connectivity index (χ1v) is 13.5. The summed E-state index contributed by atoms with van der Waals surface area (Å²) >= 11 is 0. The third-order valence-electron chi connectivity index (χ3n) is 6.32. The molecule has 0 aliphatic carbocycles. The van der Waals surface area contributed by atoms with E-state index in [1.54, 1.807) is 12.1 Å². The molecule has 0 spiro atoms. The summed E-state index contributed by atoms with van der Waals surface area (Å²) < 4.78 is 0. The Labute approximate surface area is 232 Å². The summed E-state index contributed by atoms with van der Waals surface area (Å²) in [6.45, 7) is 0. The van der Waals surface area contributed by atoms with E-state index < -0.39 is 0 Å². The number of rotatable bonds is 5. The highest BCUT2D eigenvalue weighted by Gasteiger charge is 2.04. The molecule has 190 valence electrons. The van der Waals surface area contributed by atoms with E-state index in [1.807, 2.05) is 54.6 Å². The molecule has 39 heavy (non-hydrogen) atoms. The van der Waals surface area contributed by atoms with Crippen LogP contribution in [0.15, 0.2) is 158 Å². The lowest BCUT2D eigenvalue weighted by atomic mass is 9.99. The van der Waals surface area contributed by atoms with Gasteiger partial charge in [-0.1, -0.05) is 115 Å². The summed E-state index contributed by atoms with van der Waals surface area (Å²) in [6, 6.07) is 53.2. The van der Waals surface area contributed by atoms with Crippen molar-refractivity contribution in [2.24, 2.45) is 0 Å². The minimum absolute atomic E-state index is 0.248. The van der Waals surface area contributed by atoms with E-state index in [4.69, 9.17) is 0 Å². The Balaban J connectivity index is 0.000000158. The number of benzene rings is 6. The highest BCUT2D eigenvalue weighted by atomic mass is 31.0. The molecule has 0 amide bonds. The van der Waals surface area contributed by atoms with Crippen LogP contribution in [0.1, 0.15) is 0 Å². The Kier molecular flexibility index (Phi) is 8.48. The lowest BCUT2D eigenvalue weighted by Crippen LogP contribution is -1.93. The molecule has 1 unspecified atom stereocenters. The number of anilines is 2. The quantitative estimate of drug-likeness (QED) is 0.174. The van der Waals surface area contributed by atoms with E-state index in [2.05, 4.69) is 106 Å². The van der Waals surface area contributed by atoms with Crippen molar-refractivity contribution < 1.29 is 5.11 Å². The molecule has 0 fully saturated rings. The first-order chi connectivity index (χ1) is 19.2. The van der Waals surface area contributed by atoms with Crippen molar-refractivity contribution >= 4 is 25.9 Å². The van der Waals surface area contributed by atoms with Gasteiger partial charge in [-0.2, -0.15) is 0 Å². The molecule has 6 rings (SSSR count). The Hall–Kier alpha value is -4.65. The van der Waals surface area contributed by atoms with E-state index >= 15 is 0 Å². The smallest absolute Gasteiger partial charge is 0.139 e. The zero-order valence-electron chi connectivity index (χ0n) is 21.5. The van der Waals surface area contributed by atoms with Crippen molar-refractivity contribution in [2.45, 2.75) is 0 Å². The van der Waals surface area contributed by atoms with E-state index in [0.29, 0.717) is 5.69 Å². The number of phenolic OH excluding ortho intramolecular Hbond substituents is 1. The fourth-order valence-electron chi connectivity index (χ4n) is 4.39. The maximum absolute atomic E-state index is 9.80. The summed E-state index contributed by atoms with van der Waals surface area (Å²) in [5.41, 5.74) is 9.00. The number of phenols is 1. The lowest BCUT2D eigenvalue weighted by Gasteiger charge is -2.10. The minimum atomic E-state index is 0.248. The molecule has 0 saturated carbocycles. The van der Waals surface area contributed by atoms with Crippen molar-refractivity contribution in [3.05, 3.63) is 158 Å². The van der Waals surface area contributed by atoms with Crippen LogP contribution in [0.3, 0.4) is 0 Å². The van der Waals surface area contributed by atoms with Crippen LogP contribution in [0.2, 0.25) is 0 Å². The van der Waals surface area contributed by atoms with Gasteiger partial charge in [0.2, 0.25) is 0 Å². The molecule has 6 aromatic carbocycles. The predicted octanol–water partition coefficient (Wildman–Crippen LogP) is 9.32. The zero-order valence-corrected chi connectivity index (χ0v) is 22.7. The van der Waals surface area contributed by atoms with Crippen LogP contribution in [0.4, 0.5) is 11.4 Å².